The standard InChI is InChI=1S/C37H30BNO2/c1-35(2)36(3,4)41-38(40-35)22-17-20-32-27(21-22)25-18-19-31-33(34(25)39-32)26-13-7-10-16-30(26)37(31)28-14-8-5-11-23(28)24-12-6-9-15-29(24)37/h5-21,39H,1-4H3. The van der Waals surface area contributed by atoms with E-state index in [0.29, 0.717) is 0 Å². The van der Waals surface area contributed by atoms with Gasteiger partial charge in [-0.3, -0.25) is 0 Å². The maximum Gasteiger partial charge on any atom is 0.494 e. The molecular weight excluding hydrogens is 501 g/mol. The number of hydrogen-bond donors (Lipinski definition) is 1. The van der Waals surface area contributed by atoms with Crippen LogP contribution < -0.4 is 5.46 Å². The minimum atomic E-state index is -0.390. The van der Waals surface area contributed by atoms with Gasteiger partial charge in [-0.2, -0.15) is 0 Å². The molecule has 0 unspecified atom stereocenters. The summed E-state index contributed by atoms with van der Waals surface area (Å²) in [5, 5.41) is 2.42. The minimum absolute atomic E-state index is 0.335. The van der Waals surface area contributed by atoms with Crippen molar-refractivity contribution in [2.75, 3.05) is 0 Å². The third-order valence-corrected chi connectivity index (χ3v) is 10.3. The van der Waals surface area contributed by atoms with Crippen LogP contribution in [0.15, 0.2) is 103 Å². The fraction of sp³-hybridized carbons (Fsp3) is 0.189. The summed E-state index contributed by atoms with van der Waals surface area (Å²) in [7, 11) is -0.390. The summed E-state index contributed by atoms with van der Waals surface area (Å²) in [6.07, 6.45) is 0. The smallest absolute Gasteiger partial charge is 0.399 e. The van der Waals surface area contributed by atoms with Crippen molar-refractivity contribution in [3.8, 4) is 22.3 Å². The zero-order chi connectivity index (χ0) is 27.7. The first-order valence-electron chi connectivity index (χ1n) is 14.5. The van der Waals surface area contributed by atoms with Crippen LogP contribution in [0.1, 0.15) is 49.9 Å². The van der Waals surface area contributed by atoms with Crippen LogP contribution in [0.3, 0.4) is 0 Å². The molecule has 41 heavy (non-hydrogen) atoms. The predicted octanol–water partition coefficient (Wildman–Crippen LogP) is 7.96. The average Bonchev–Trinajstić information content (AvgIpc) is 3.65. The molecule has 5 aromatic carbocycles. The minimum Gasteiger partial charge on any atom is -0.399 e. The second-order valence-electron chi connectivity index (χ2n) is 12.8. The third-order valence-electron chi connectivity index (χ3n) is 10.3. The lowest BCUT2D eigenvalue weighted by Crippen LogP contribution is -2.41. The molecule has 3 nitrogen and oxygen atoms in total. The molecule has 6 aromatic rings. The van der Waals surface area contributed by atoms with Crippen LogP contribution in [0, 0.1) is 0 Å². The van der Waals surface area contributed by atoms with Crippen LogP contribution in [0.2, 0.25) is 0 Å². The molecule has 1 fully saturated rings. The van der Waals surface area contributed by atoms with Gasteiger partial charge in [0.25, 0.3) is 0 Å². The van der Waals surface area contributed by atoms with E-state index < -0.39 is 0 Å². The van der Waals surface area contributed by atoms with Gasteiger partial charge in [0.05, 0.1) is 22.1 Å². The molecule has 0 saturated carbocycles. The molecule has 9 rings (SSSR count). The van der Waals surface area contributed by atoms with Crippen molar-refractivity contribution in [1.29, 1.82) is 0 Å². The Morgan fingerprint density at radius 3 is 1.76 bits per heavy atom. The summed E-state index contributed by atoms with van der Waals surface area (Å²) in [5.74, 6) is 0. The molecule has 1 aliphatic heterocycles. The average molecular weight is 531 g/mol. The van der Waals surface area contributed by atoms with Gasteiger partial charge in [-0.05, 0) is 78.2 Å². The Hall–Kier alpha value is -4.12. The molecule has 1 aromatic heterocycles. The molecule has 1 spiro atoms. The molecule has 1 N–H and O–H groups in total. The topological polar surface area (TPSA) is 34.2 Å². The molecule has 4 heteroatoms. The number of fused-ring (bicyclic) bond motifs is 14. The summed E-state index contributed by atoms with van der Waals surface area (Å²) >= 11 is 0. The molecule has 2 heterocycles. The van der Waals surface area contributed by atoms with Crippen molar-refractivity contribution in [3.63, 3.8) is 0 Å². The number of aromatic amines is 1. The monoisotopic (exact) mass is 531 g/mol. The fourth-order valence-electron chi connectivity index (χ4n) is 7.69. The summed E-state index contributed by atoms with van der Waals surface area (Å²) in [6, 6.07) is 38.2. The number of benzene rings is 5. The number of H-pyrrole nitrogens is 1. The Balaban J connectivity index is 1.32. The van der Waals surface area contributed by atoms with Crippen molar-refractivity contribution in [1.82, 2.24) is 4.98 Å². The largest absolute Gasteiger partial charge is 0.494 e. The molecule has 198 valence electrons. The SMILES string of the molecule is CC1(C)OB(c2ccc3[nH]c4c5c(ccc4c3c2)C2(c3ccccc3-c3ccccc32)c2ccccc2-5)OC1(C)C. The normalized spacial score (nSPS) is 18.6. The van der Waals surface area contributed by atoms with E-state index >= 15 is 0 Å². The van der Waals surface area contributed by atoms with Gasteiger partial charge in [-0.1, -0.05) is 97.1 Å². The number of hydrogen-bond acceptors (Lipinski definition) is 2. The number of rotatable bonds is 1. The molecular formula is C37H30BNO2. The first-order valence-corrected chi connectivity index (χ1v) is 14.5. The summed E-state index contributed by atoms with van der Waals surface area (Å²) in [6.45, 7) is 8.42. The van der Waals surface area contributed by atoms with E-state index in [0.717, 1.165) is 11.0 Å². The van der Waals surface area contributed by atoms with E-state index in [1.54, 1.807) is 0 Å². The highest BCUT2D eigenvalue weighted by molar-refractivity contribution is 6.62. The van der Waals surface area contributed by atoms with E-state index in [4.69, 9.17) is 9.31 Å². The summed E-state index contributed by atoms with van der Waals surface area (Å²) < 4.78 is 12.8. The van der Waals surface area contributed by atoms with Gasteiger partial charge in [0.2, 0.25) is 0 Å². The van der Waals surface area contributed by atoms with E-state index in [1.807, 2.05) is 0 Å². The lowest BCUT2D eigenvalue weighted by Gasteiger charge is -2.32. The first kappa shape index (κ1) is 23.6. The molecule has 1 saturated heterocycles. The third kappa shape index (κ3) is 2.77. The number of nitrogens with one attached hydrogen (secondary N) is 1. The molecule has 2 aliphatic carbocycles. The van der Waals surface area contributed by atoms with Gasteiger partial charge in [-0.25, -0.2) is 0 Å². The lowest BCUT2D eigenvalue weighted by molar-refractivity contribution is 0.00578. The van der Waals surface area contributed by atoms with Gasteiger partial charge in [0, 0.05) is 21.9 Å². The highest BCUT2D eigenvalue weighted by Gasteiger charge is 2.53. The van der Waals surface area contributed by atoms with Crippen molar-refractivity contribution in [2.24, 2.45) is 0 Å². The highest BCUT2D eigenvalue weighted by Crippen LogP contribution is 2.63. The van der Waals surface area contributed by atoms with E-state index in [-0.39, 0.29) is 23.7 Å². The Bertz CT molecular complexity index is 2020. The molecule has 0 bridgehead atoms. The van der Waals surface area contributed by atoms with Crippen LogP contribution in [0.4, 0.5) is 0 Å². The van der Waals surface area contributed by atoms with E-state index in [9.17, 15) is 0 Å². The fourth-order valence-corrected chi connectivity index (χ4v) is 7.69. The van der Waals surface area contributed by atoms with Crippen LogP contribution in [0.5, 0.6) is 0 Å². The summed E-state index contributed by atoms with van der Waals surface area (Å²) in [4.78, 5) is 3.84. The molecule has 0 atom stereocenters. The quantitative estimate of drug-likeness (QED) is 0.218. The van der Waals surface area contributed by atoms with Crippen LogP contribution in [-0.2, 0) is 14.7 Å². The second kappa shape index (κ2) is 7.58. The van der Waals surface area contributed by atoms with E-state index in [1.165, 1.54) is 60.8 Å². The highest BCUT2D eigenvalue weighted by atomic mass is 16.7. The zero-order valence-corrected chi connectivity index (χ0v) is 23.7. The van der Waals surface area contributed by atoms with Gasteiger partial charge in [0.1, 0.15) is 0 Å². The van der Waals surface area contributed by atoms with E-state index in [2.05, 4.69) is 136 Å². The molecule has 3 aliphatic rings. The van der Waals surface area contributed by atoms with Crippen molar-refractivity contribution < 1.29 is 9.31 Å². The van der Waals surface area contributed by atoms with Crippen molar-refractivity contribution in [3.05, 3.63) is 125 Å². The Morgan fingerprint density at radius 1 is 0.561 bits per heavy atom. The Kier molecular flexibility index (Phi) is 4.36. The Labute approximate surface area is 240 Å². The van der Waals surface area contributed by atoms with Gasteiger partial charge in [0.15, 0.2) is 0 Å². The molecule has 0 amide bonds. The predicted molar refractivity (Wildman–Crippen MR) is 168 cm³/mol. The van der Waals surface area contributed by atoms with Gasteiger partial charge < -0.3 is 14.3 Å². The van der Waals surface area contributed by atoms with Crippen molar-refractivity contribution in [2.45, 2.75) is 44.3 Å². The molecule has 0 radical (unpaired) electrons. The van der Waals surface area contributed by atoms with Gasteiger partial charge >= 0.3 is 7.12 Å². The van der Waals surface area contributed by atoms with Gasteiger partial charge in [-0.15, -0.1) is 0 Å². The van der Waals surface area contributed by atoms with Crippen LogP contribution in [0.25, 0.3) is 44.1 Å². The van der Waals surface area contributed by atoms with Crippen LogP contribution >= 0.6 is 0 Å². The Morgan fingerprint density at radius 2 is 1.12 bits per heavy atom. The zero-order valence-electron chi connectivity index (χ0n) is 23.7. The maximum atomic E-state index is 6.41. The van der Waals surface area contributed by atoms with Crippen molar-refractivity contribution >= 4 is 34.4 Å². The van der Waals surface area contributed by atoms with Crippen LogP contribution in [-0.4, -0.2) is 23.3 Å². The second-order valence-corrected chi connectivity index (χ2v) is 12.8. The maximum absolute atomic E-state index is 6.41. The summed E-state index contributed by atoms with van der Waals surface area (Å²) in [5.41, 5.74) is 13.0. The first-order chi connectivity index (χ1) is 19.8. The lowest BCUT2D eigenvalue weighted by atomic mass is 9.70. The number of aromatic nitrogens is 1.